The third-order valence-electron chi connectivity index (χ3n) is 5.55. The summed E-state index contributed by atoms with van der Waals surface area (Å²) < 4.78 is 15.8. The molecule has 0 bridgehead atoms. The maximum absolute atomic E-state index is 12.8. The minimum absolute atomic E-state index is 0.121. The first-order valence-corrected chi connectivity index (χ1v) is 10.3. The number of rotatable bonds is 7. The van der Waals surface area contributed by atoms with Crippen LogP contribution in [-0.2, 0) is 20.7 Å². The Kier molecular flexibility index (Phi) is 7.17. The minimum Gasteiger partial charge on any atom is -0.493 e. The minimum atomic E-state index is -0.327. The number of aryl methyl sites for hydroxylation is 2. The number of hydrogen-bond donors (Lipinski definition) is 1. The monoisotopic (exact) mass is 426 g/mol. The van der Waals surface area contributed by atoms with E-state index in [1.165, 1.54) is 7.11 Å². The van der Waals surface area contributed by atoms with Crippen molar-refractivity contribution in [2.75, 3.05) is 39.7 Å². The molecule has 0 saturated carbocycles. The number of hydrogen-bond acceptors (Lipinski definition) is 6. The number of anilines is 1. The molecule has 0 unspecified atom stereocenters. The predicted octanol–water partition coefficient (Wildman–Crippen LogP) is 3.42. The molecular formula is C24H30N2O5. The molecule has 0 fully saturated rings. The second kappa shape index (κ2) is 9.83. The van der Waals surface area contributed by atoms with Gasteiger partial charge in [-0.2, -0.15) is 0 Å². The average molecular weight is 427 g/mol. The SMILES string of the molecule is COC(=O)C[C@@H]1c2cc(OC)c(OC)cc2CCN1CC(=O)Nc1cc(C)cc(C)c1. The molecule has 0 radical (unpaired) electrons. The molecule has 0 aliphatic carbocycles. The van der Waals surface area contributed by atoms with Crippen molar-refractivity contribution in [3.63, 3.8) is 0 Å². The Bertz CT molecular complexity index is 952. The molecule has 0 aromatic heterocycles. The van der Waals surface area contributed by atoms with Gasteiger partial charge < -0.3 is 19.5 Å². The van der Waals surface area contributed by atoms with E-state index in [-0.39, 0.29) is 30.9 Å². The summed E-state index contributed by atoms with van der Waals surface area (Å²) >= 11 is 0. The summed E-state index contributed by atoms with van der Waals surface area (Å²) in [6.07, 6.45) is 0.889. The van der Waals surface area contributed by atoms with Gasteiger partial charge in [-0.25, -0.2) is 0 Å². The molecule has 1 heterocycles. The van der Waals surface area contributed by atoms with Gasteiger partial charge >= 0.3 is 5.97 Å². The number of benzene rings is 2. The fourth-order valence-corrected chi connectivity index (χ4v) is 4.18. The number of fused-ring (bicyclic) bond motifs is 1. The van der Waals surface area contributed by atoms with E-state index in [1.807, 2.05) is 43.0 Å². The lowest BCUT2D eigenvalue weighted by atomic mass is 9.90. The topological polar surface area (TPSA) is 77.1 Å². The lowest BCUT2D eigenvalue weighted by Gasteiger charge is -2.36. The molecule has 7 heteroatoms. The van der Waals surface area contributed by atoms with Crippen LogP contribution in [0.15, 0.2) is 30.3 Å². The molecule has 1 aliphatic rings. The zero-order valence-corrected chi connectivity index (χ0v) is 18.8. The van der Waals surface area contributed by atoms with E-state index in [4.69, 9.17) is 14.2 Å². The molecule has 166 valence electrons. The number of nitrogens with one attached hydrogen (secondary N) is 1. The van der Waals surface area contributed by atoms with Crippen LogP contribution in [0.1, 0.15) is 34.7 Å². The fraction of sp³-hybridized carbons (Fsp3) is 0.417. The number of methoxy groups -OCH3 is 3. The Labute approximate surface area is 183 Å². The summed E-state index contributed by atoms with van der Waals surface area (Å²) in [5.41, 5.74) is 4.99. The maximum atomic E-state index is 12.8. The third-order valence-corrected chi connectivity index (χ3v) is 5.55. The van der Waals surface area contributed by atoms with E-state index in [0.29, 0.717) is 18.0 Å². The van der Waals surface area contributed by atoms with Gasteiger partial charge in [0.1, 0.15) is 0 Å². The quantitative estimate of drug-likeness (QED) is 0.684. The number of ether oxygens (including phenoxy) is 3. The summed E-state index contributed by atoms with van der Waals surface area (Å²) in [7, 11) is 4.55. The van der Waals surface area contributed by atoms with Crippen molar-refractivity contribution in [2.45, 2.75) is 32.7 Å². The average Bonchev–Trinajstić information content (AvgIpc) is 2.73. The third kappa shape index (κ3) is 5.35. The molecule has 1 atom stereocenters. The highest BCUT2D eigenvalue weighted by Gasteiger charge is 2.32. The molecule has 7 nitrogen and oxygen atoms in total. The van der Waals surface area contributed by atoms with E-state index >= 15 is 0 Å². The van der Waals surface area contributed by atoms with Gasteiger partial charge in [0.05, 0.1) is 34.3 Å². The Morgan fingerprint density at radius 1 is 1.00 bits per heavy atom. The Morgan fingerprint density at radius 3 is 2.26 bits per heavy atom. The van der Waals surface area contributed by atoms with Gasteiger partial charge in [-0.15, -0.1) is 0 Å². The second-order valence-electron chi connectivity index (χ2n) is 7.85. The van der Waals surface area contributed by atoms with E-state index < -0.39 is 0 Å². The molecule has 0 spiro atoms. The van der Waals surface area contributed by atoms with Gasteiger partial charge in [0.15, 0.2) is 11.5 Å². The lowest BCUT2D eigenvalue weighted by molar-refractivity contribution is -0.142. The molecule has 1 amide bonds. The van der Waals surface area contributed by atoms with Gasteiger partial charge in [0, 0.05) is 18.3 Å². The van der Waals surface area contributed by atoms with Gasteiger partial charge in [0.25, 0.3) is 0 Å². The molecular weight excluding hydrogens is 396 g/mol. The zero-order chi connectivity index (χ0) is 22.5. The molecule has 2 aromatic carbocycles. The summed E-state index contributed by atoms with van der Waals surface area (Å²) in [5.74, 6) is 0.799. The number of carbonyl (C=O) groups excluding carboxylic acids is 2. The summed E-state index contributed by atoms with van der Waals surface area (Å²) in [4.78, 5) is 27.0. The van der Waals surface area contributed by atoms with Crippen molar-refractivity contribution in [1.29, 1.82) is 0 Å². The van der Waals surface area contributed by atoms with Crippen molar-refractivity contribution < 1.29 is 23.8 Å². The van der Waals surface area contributed by atoms with Crippen molar-refractivity contribution in [3.8, 4) is 11.5 Å². The standard InChI is InChI=1S/C24H30N2O5/c1-15-8-16(2)10-18(9-15)25-23(27)14-26-7-6-17-11-21(29-3)22(30-4)12-19(17)20(26)13-24(28)31-5/h8-12,20H,6-7,13-14H2,1-5H3,(H,25,27)/t20-/m1/s1. The second-order valence-corrected chi connectivity index (χ2v) is 7.85. The first kappa shape index (κ1) is 22.6. The van der Waals surface area contributed by atoms with Crippen molar-refractivity contribution >= 4 is 17.6 Å². The number of esters is 1. The summed E-state index contributed by atoms with van der Waals surface area (Å²) in [5, 5.41) is 2.98. The van der Waals surface area contributed by atoms with E-state index in [2.05, 4.69) is 11.4 Å². The predicted molar refractivity (Wildman–Crippen MR) is 119 cm³/mol. The van der Waals surface area contributed by atoms with Crippen LogP contribution >= 0.6 is 0 Å². The normalized spacial score (nSPS) is 15.7. The highest BCUT2D eigenvalue weighted by Crippen LogP contribution is 2.39. The van der Waals surface area contributed by atoms with Crippen LogP contribution in [0, 0.1) is 13.8 Å². The van der Waals surface area contributed by atoms with Gasteiger partial charge in [-0.1, -0.05) is 6.07 Å². The van der Waals surface area contributed by atoms with Crippen LogP contribution in [0.3, 0.4) is 0 Å². The first-order valence-electron chi connectivity index (χ1n) is 10.3. The first-order chi connectivity index (χ1) is 14.8. The van der Waals surface area contributed by atoms with Gasteiger partial charge in [-0.3, -0.25) is 14.5 Å². The molecule has 0 saturated heterocycles. The lowest BCUT2D eigenvalue weighted by Crippen LogP contribution is -2.41. The number of amides is 1. The molecule has 1 aliphatic heterocycles. The Balaban J connectivity index is 1.85. The van der Waals surface area contributed by atoms with Crippen molar-refractivity contribution in [2.24, 2.45) is 0 Å². The van der Waals surface area contributed by atoms with E-state index in [1.54, 1.807) is 14.2 Å². The fourth-order valence-electron chi connectivity index (χ4n) is 4.18. The highest BCUT2D eigenvalue weighted by molar-refractivity contribution is 5.92. The maximum Gasteiger partial charge on any atom is 0.307 e. The van der Waals surface area contributed by atoms with Crippen LogP contribution in [0.4, 0.5) is 5.69 Å². The smallest absolute Gasteiger partial charge is 0.307 e. The molecule has 3 rings (SSSR count). The van der Waals surface area contributed by atoms with Crippen molar-refractivity contribution in [1.82, 2.24) is 4.90 Å². The van der Waals surface area contributed by atoms with Crippen LogP contribution < -0.4 is 14.8 Å². The number of nitrogens with zero attached hydrogens (tertiary/aromatic N) is 1. The van der Waals surface area contributed by atoms with E-state index in [9.17, 15) is 9.59 Å². The highest BCUT2D eigenvalue weighted by atomic mass is 16.5. The van der Waals surface area contributed by atoms with Crippen LogP contribution in [0.2, 0.25) is 0 Å². The zero-order valence-electron chi connectivity index (χ0n) is 18.8. The summed E-state index contributed by atoms with van der Waals surface area (Å²) in [6.45, 7) is 4.81. The van der Waals surface area contributed by atoms with Crippen LogP contribution in [-0.4, -0.2) is 51.2 Å². The van der Waals surface area contributed by atoms with Crippen molar-refractivity contribution in [3.05, 3.63) is 52.6 Å². The van der Waals surface area contributed by atoms with Gasteiger partial charge in [-0.05, 0) is 66.8 Å². The number of carbonyl (C=O) groups is 2. The molecule has 2 aromatic rings. The largest absolute Gasteiger partial charge is 0.493 e. The molecule has 1 N–H and O–H groups in total. The van der Waals surface area contributed by atoms with Crippen LogP contribution in [0.5, 0.6) is 11.5 Å². The summed E-state index contributed by atoms with van der Waals surface area (Å²) in [6, 6.07) is 9.51. The van der Waals surface area contributed by atoms with E-state index in [0.717, 1.165) is 34.4 Å². The molecule has 31 heavy (non-hydrogen) atoms. The van der Waals surface area contributed by atoms with Gasteiger partial charge in [0.2, 0.25) is 5.91 Å². The Hall–Kier alpha value is -3.06. The van der Waals surface area contributed by atoms with Crippen LogP contribution in [0.25, 0.3) is 0 Å². The Morgan fingerprint density at radius 2 is 1.65 bits per heavy atom.